The minimum absolute atomic E-state index is 0.143. The Balaban J connectivity index is 1.33. The van der Waals surface area contributed by atoms with E-state index in [4.69, 9.17) is 4.74 Å². The van der Waals surface area contributed by atoms with Gasteiger partial charge in [0, 0.05) is 30.0 Å². The molecule has 1 amide bonds. The lowest BCUT2D eigenvalue weighted by atomic mass is 10.2. The van der Waals surface area contributed by atoms with Crippen LogP contribution in [0.3, 0.4) is 0 Å². The molecular formula is C24H22N4O4S. The molecular weight excluding hydrogens is 440 g/mol. The van der Waals surface area contributed by atoms with Crippen LogP contribution in [0.15, 0.2) is 84.0 Å². The molecule has 0 saturated carbocycles. The fraction of sp³-hybridized carbons (Fsp3) is 0.167. The number of imidazole rings is 1. The van der Waals surface area contributed by atoms with Gasteiger partial charge >= 0.3 is 0 Å². The number of rotatable bonds is 5. The highest BCUT2D eigenvalue weighted by molar-refractivity contribution is 7.89. The molecule has 0 unspecified atom stereocenters. The maximum atomic E-state index is 12.9. The predicted octanol–water partition coefficient (Wildman–Crippen LogP) is 3.30. The number of sulfonamides is 1. The molecule has 8 nitrogen and oxygen atoms in total. The van der Waals surface area contributed by atoms with Crippen LogP contribution in [-0.2, 0) is 14.8 Å². The van der Waals surface area contributed by atoms with Crippen molar-refractivity contribution >= 4 is 32.7 Å². The highest BCUT2D eigenvalue weighted by Crippen LogP contribution is 2.22. The van der Waals surface area contributed by atoms with E-state index >= 15 is 0 Å². The number of morpholine rings is 1. The fourth-order valence-corrected chi connectivity index (χ4v) is 5.27. The average Bonchev–Trinajstić information content (AvgIpc) is 3.29. The zero-order valence-electron chi connectivity index (χ0n) is 17.7. The number of ether oxygens (including phenoxy) is 1. The van der Waals surface area contributed by atoms with Crippen molar-refractivity contribution < 1.29 is 17.9 Å². The maximum absolute atomic E-state index is 12.9. The first-order valence-corrected chi connectivity index (χ1v) is 12.0. The molecule has 3 aromatic carbocycles. The van der Waals surface area contributed by atoms with Crippen molar-refractivity contribution in [3.63, 3.8) is 0 Å². The Bertz CT molecular complexity index is 1410. The normalized spacial score (nSPS) is 14.9. The summed E-state index contributed by atoms with van der Waals surface area (Å²) in [4.78, 5) is 17.3. The second-order valence-electron chi connectivity index (χ2n) is 7.65. The summed E-state index contributed by atoms with van der Waals surface area (Å²) in [6.07, 6.45) is 1.75. The second-order valence-corrected chi connectivity index (χ2v) is 9.59. The molecule has 1 fully saturated rings. The van der Waals surface area contributed by atoms with Crippen LogP contribution in [-0.4, -0.2) is 54.5 Å². The van der Waals surface area contributed by atoms with Gasteiger partial charge in [-0.05, 0) is 54.6 Å². The number of benzene rings is 3. The van der Waals surface area contributed by atoms with Crippen molar-refractivity contribution in [2.45, 2.75) is 4.90 Å². The third kappa shape index (κ3) is 4.25. The summed E-state index contributed by atoms with van der Waals surface area (Å²) in [6, 6.07) is 21.3. The molecule has 0 spiro atoms. The summed E-state index contributed by atoms with van der Waals surface area (Å²) in [6.45, 7) is 1.38. The summed E-state index contributed by atoms with van der Waals surface area (Å²) < 4.78 is 34.4. The highest BCUT2D eigenvalue weighted by Gasteiger charge is 2.26. The van der Waals surface area contributed by atoms with Gasteiger partial charge in [0.25, 0.3) is 5.91 Å². The first kappa shape index (κ1) is 21.3. The number of fused-ring (bicyclic) bond motifs is 1. The Kier molecular flexibility index (Phi) is 5.67. The van der Waals surface area contributed by atoms with E-state index in [2.05, 4.69) is 10.3 Å². The molecule has 0 aliphatic carbocycles. The van der Waals surface area contributed by atoms with Gasteiger partial charge in [0.05, 0.1) is 29.1 Å². The van der Waals surface area contributed by atoms with Crippen LogP contribution >= 0.6 is 0 Å². The Labute approximate surface area is 191 Å². The lowest BCUT2D eigenvalue weighted by Gasteiger charge is -2.26. The Morgan fingerprint density at radius 3 is 2.48 bits per heavy atom. The van der Waals surface area contributed by atoms with E-state index in [1.807, 2.05) is 41.0 Å². The number of anilines is 1. The largest absolute Gasteiger partial charge is 0.379 e. The molecule has 0 atom stereocenters. The number of para-hydroxylation sites is 2. The van der Waals surface area contributed by atoms with E-state index in [0.29, 0.717) is 37.6 Å². The van der Waals surface area contributed by atoms with Crippen LogP contribution in [0, 0.1) is 0 Å². The van der Waals surface area contributed by atoms with E-state index in [1.54, 1.807) is 30.6 Å². The number of aromatic nitrogens is 2. The molecule has 168 valence electrons. The number of nitrogens with zero attached hydrogens (tertiary/aromatic N) is 3. The SMILES string of the molecule is O=C(Nc1cccc(S(=O)(=O)N2CCOCC2)c1)c1ccc(-n2cnc3ccccc32)cc1. The van der Waals surface area contributed by atoms with Crippen LogP contribution in [0.1, 0.15) is 10.4 Å². The summed E-state index contributed by atoms with van der Waals surface area (Å²) in [5.74, 6) is -0.321. The van der Waals surface area contributed by atoms with Gasteiger partial charge in [-0.15, -0.1) is 0 Å². The van der Waals surface area contributed by atoms with Crippen LogP contribution < -0.4 is 5.32 Å². The summed E-state index contributed by atoms with van der Waals surface area (Å²) in [5, 5.41) is 2.79. The van der Waals surface area contributed by atoms with Crippen molar-refractivity contribution in [2.75, 3.05) is 31.6 Å². The first-order chi connectivity index (χ1) is 16.0. The van der Waals surface area contributed by atoms with E-state index in [-0.39, 0.29) is 10.8 Å². The molecule has 1 aromatic heterocycles. The van der Waals surface area contributed by atoms with Gasteiger partial charge in [-0.1, -0.05) is 18.2 Å². The standard InChI is InChI=1S/C24H22N4O4S/c29-24(18-8-10-20(11-9-18)28-17-25-22-6-1-2-7-23(22)28)26-19-4-3-5-21(16-19)33(30,31)27-12-14-32-15-13-27/h1-11,16-17H,12-15H2,(H,26,29). The van der Waals surface area contributed by atoms with Gasteiger partial charge in [-0.25, -0.2) is 13.4 Å². The van der Waals surface area contributed by atoms with Crippen molar-refractivity contribution in [1.29, 1.82) is 0 Å². The smallest absolute Gasteiger partial charge is 0.255 e. The van der Waals surface area contributed by atoms with Gasteiger partial charge in [-0.2, -0.15) is 4.31 Å². The second kappa shape index (κ2) is 8.78. The van der Waals surface area contributed by atoms with Gasteiger partial charge in [0.15, 0.2) is 0 Å². The molecule has 33 heavy (non-hydrogen) atoms. The van der Waals surface area contributed by atoms with Crippen LogP contribution in [0.25, 0.3) is 16.7 Å². The van der Waals surface area contributed by atoms with Gasteiger partial charge in [-0.3, -0.25) is 9.36 Å². The summed E-state index contributed by atoms with van der Waals surface area (Å²) >= 11 is 0. The molecule has 5 rings (SSSR count). The van der Waals surface area contributed by atoms with Gasteiger partial charge in [0.1, 0.15) is 6.33 Å². The lowest BCUT2D eigenvalue weighted by Crippen LogP contribution is -2.40. The fourth-order valence-electron chi connectivity index (χ4n) is 3.81. The molecule has 4 aromatic rings. The topological polar surface area (TPSA) is 93.5 Å². The van der Waals surface area contributed by atoms with Crippen molar-refractivity contribution in [3.05, 3.63) is 84.7 Å². The number of hydrogen-bond donors (Lipinski definition) is 1. The lowest BCUT2D eigenvalue weighted by molar-refractivity contribution is 0.0730. The maximum Gasteiger partial charge on any atom is 0.255 e. The van der Waals surface area contributed by atoms with Crippen molar-refractivity contribution in [2.24, 2.45) is 0 Å². The Hall–Kier alpha value is -3.53. The molecule has 0 bridgehead atoms. The monoisotopic (exact) mass is 462 g/mol. The summed E-state index contributed by atoms with van der Waals surface area (Å²) in [5.41, 5.74) is 3.64. The number of amides is 1. The van der Waals surface area contributed by atoms with E-state index in [9.17, 15) is 13.2 Å². The molecule has 1 N–H and O–H groups in total. The number of carbonyl (C=O) groups is 1. The van der Waals surface area contributed by atoms with Crippen LogP contribution in [0.2, 0.25) is 0 Å². The minimum atomic E-state index is -3.64. The van der Waals surface area contributed by atoms with E-state index in [1.165, 1.54) is 16.4 Å². The molecule has 0 radical (unpaired) electrons. The zero-order chi connectivity index (χ0) is 22.8. The Morgan fingerprint density at radius 1 is 0.939 bits per heavy atom. The molecule has 1 aliphatic rings. The minimum Gasteiger partial charge on any atom is -0.379 e. The summed E-state index contributed by atoms with van der Waals surface area (Å²) in [7, 11) is -3.64. The van der Waals surface area contributed by atoms with Gasteiger partial charge < -0.3 is 10.1 Å². The Morgan fingerprint density at radius 2 is 1.70 bits per heavy atom. The number of carbonyl (C=O) groups excluding carboxylic acids is 1. The molecule has 1 aliphatic heterocycles. The van der Waals surface area contributed by atoms with Crippen molar-refractivity contribution in [3.8, 4) is 5.69 Å². The van der Waals surface area contributed by atoms with E-state index in [0.717, 1.165) is 16.7 Å². The van der Waals surface area contributed by atoms with Crippen LogP contribution in [0.4, 0.5) is 5.69 Å². The third-order valence-corrected chi connectivity index (χ3v) is 7.46. The van der Waals surface area contributed by atoms with E-state index < -0.39 is 10.0 Å². The average molecular weight is 463 g/mol. The molecule has 2 heterocycles. The highest BCUT2D eigenvalue weighted by atomic mass is 32.2. The van der Waals surface area contributed by atoms with Gasteiger partial charge in [0.2, 0.25) is 10.0 Å². The van der Waals surface area contributed by atoms with Crippen molar-refractivity contribution in [1.82, 2.24) is 13.9 Å². The third-order valence-electron chi connectivity index (χ3n) is 5.56. The molecule has 1 saturated heterocycles. The quantitative estimate of drug-likeness (QED) is 0.491. The number of hydrogen-bond acceptors (Lipinski definition) is 5. The predicted molar refractivity (Wildman–Crippen MR) is 125 cm³/mol. The first-order valence-electron chi connectivity index (χ1n) is 10.5. The number of nitrogens with one attached hydrogen (secondary N) is 1. The zero-order valence-corrected chi connectivity index (χ0v) is 18.5. The molecule has 9 heteroatoms. The van der Waals surface area contributed by atoms with Crippen LogP contribution in [0.5, 0.6) is 0 Å².